The number of hydrogen-bond donors (Lipinski definition) is 0. The van der Waals surface area contributed by atoms with Crippen molar-refractivity contribution < 1.29 is 4.74 Å². The fraction of sp³-hybridized carbons (Fsp3) is 0.647. The predicted molar refractivity (Wildman–Crippen MR) is 81.9 cm³/mol. The highest BCUT2D eigenvalue weighted by Crippen LogP contribution is 2.66. The van der Waals surface area contributed by atoms with E-state index < -0.39 is 0 Å². The zero-order valence-electron chi connectivity index (χ0n) is 12.1. The molecule has 0 amide bonds. The van der Waals surface area contributed by atoms with Crippen LogP contribution >= 0.6 is 15.9 Å². The molecule has 2 fully saturated rings. The molecule has 0 radical (unpaired) electrons. The van der Waals surface area contributed by atoms with Crippen molar-refractivity contribution in [2.45, 2.75) is 52.7 Å². The molecule has 2 bridgehead atoms. The van der Waals surface area contributed by atoms with Gasteiger partial charge in [-0.1, -0.05) is 48.8 Å². The lowest BCUT2D eigenvalue weighted by molar-refractivity contribution is -0.0550. The Morgan fingerprint density at radius 1 is 1.32 bits per heavy atom. The lowest BCUT2D eigenvalue weighted by Gasteiger charge is -2.38. The molecule has 0 spiro atoms. The Morgan fingerprint density at radius 2 is 2.11 bits per heavy atom. The second-order valence-corrected chi connectivity index (χ2v) is 7.96. The van der Waals surface area contributed by atoms with Gasteiger partial charge in [0.1, 0.15) is 0 Å². The quantitative estimate of drug-likeness (QED) is 0.745. The minimum atomic E-state index is 0.365. The molecule has 2 aliphatic carbocycles. The third-order valence-corrected chi connectivity index (χ3v) is 6.55. The first-order valence-corrected chi connectivity index (χ1v) is 8.09. The van der Waals surface area contributed by atoms with Crippen molar-refractivity contribution in [3.05, 3.63) is 34.3 Å². The van der Waals surface area contributed by atoms with Crippen LogP contribution in [0.3, 0.4) is 0 Å². The second-order valence-electron chi connectivity index (χ2n) is 7.04. The largest absolute Gasteiger partial charge is 0.373 e. The van der Waals surface area contributed by atoms with Crippen molar-refractivity contribution in [3.63, 3.8) is 0 Å². The molecule has 2 heteroatoms. The van der Waals surface area contributed by atoms with Gasteiger partial charge in [0, 0.05) is 4.47 Å². The van der Waals surface area contributed by atoms with Gasteiger partial charge >= 0.3 is 0 Å². The van der Waals surface area contributed by atoms with Gasteiger partial charge in [0.05, 0.1) is 12.7 Å². The molecule has 3 atom stereocenters. The summed E-state index contributed by atoms with van der Waals surface area (Å²) < 4.78 is 7.43. The lowest BCUT2D eigenvalue weighted by atomic mass is 9.70. The van der Waals surface area contributed by atoms with Gasteiger partial charge in [0.25, 0.3) is 0 Å². The topological polar surface area (TPSA) is 9.23 Å². The molecule has 0 N–H and O–H groups in total. The Balaban J connectivity index is 1.69. The molecule has 2 saturated carbocycles. The third kappa shape index (κ3) is 2.08. The standard InChI is InChI=1S/C17H23BrO/c1-16(2)13-7-8-17(16,3)15(10-13)19-11-12-5-4-6-14(18)9-12/h4-6,9,13,15H,7-8,10-11H2,1-3H3. The summed E-state index contributed by atoms with van der Waals surface area (Å²) in [6.07, 6.45) is 4.39. The molecule has 19 heavy (non-hydrogen) atoms. The molecule has 0 heterocycles. The average Bonchev–Trinajstić information content (AvgIpc) is 2.69. The van der Waals surface area contributed by atoms with Crippen LogP contribution in [-0.2, 0) is 11.3 Å². The molecule has 0 saturated heterocycles. The summed E-state index contributed by atoms with van der Waals surface area (Å²) in [5.41, 5.74) is 2.07. The Kier molecular flexibility index (Phi) is 3.30. The molecule has 1 nitrogen and oxygen atoms in total. The van der Waals surface area contributed by atoms with E-state index in [4.69, 9.17) is 4.74 Å². The Bertz CT molecular complexity index is 482. The molecule has 3 unspecified atom stereocenters. The summed E-state index contributed by atoms with van der Waals surface area (Å²) in [6.45, 7) is 8.05. The van der Waals surface area contributed by atoms with Crippen molar-refractivity contribution in [1.29, 1.82) is 0 Å². The van der Waals surface area contributed by atoms with E-state index in [2.05, 4.69) is 61.0 Å². The van der Waals surface area contributed by atoms with Gasteiger partial charge in [-0.2, -0.15) is 0 Å². The van der Waals surface area contributed by atoms with Crippen molar-refractivity contribution in [3.8, 4) is 0 Å². The SMILES string of the molecule is CC1(C)C2CCC1(C)C(OCc1cccc(Br)c1)C2. The van der Waals surface area contributed by atoms with Gasteiger partial charge in [-0.05, 0) is 53.7 Å². The van der Waals surface area contributed by atoms with Crippen molar-refractivity contribution in [2.75, 3.05) is 0 Å². The summed E-state index contributed by atoms with van der Waals surface area (Å²) in [5.74, 6) is 0.852. The lowest BCUT2D eigenvalue weighted by Crippen LogP contribution is -2.37. The number of halogens is 1. The van der Waals surface area contributed by atoms with E-state index in [9.17, 15) is 0 Å². The fourth-order valence-corrected chi connectivity index (χ4v) is 4.65. The molecule has 0 aromatic heterocycles. The number of hydrogen-bond acceptors (Lipinski definition) is 1. The van der Waals surface area contributed by atoms with Gasteiger partial charge in [0.2, 0.25) is 0 Å². The van der Waals surface area contributed by atoms with Crippen LogP contribution < -0.4 is 0 Å². The van der Waals surface area contributed by atoms with Crippen LogP contribution in [0.2, 0.25) is 0 Å². The summed E-state index contributed by atoms with van der Waals surface area (Å²) in [7, 11) is 0. The normalized spacial score (nSPS) is 35.8. The number of benzene rings is 1. The number of ether oxygens (including phenoxy) is 1. The van der Waals surface area contributed by atoms with Crippen molar-refractivity contribution in [1.82, 2.24) is 0 Å². The highest BCUT2D eigenvalue weighted by Gasteiger charge is 2.61. The van der Waals surface area contributed by atoms with Crippen LogP contribution in [-0.4, -0.2) is 6.10 Å². The fourth-order valence-electron chi connectivity index (χ4n) is 4.21. The van der Waals surface area contributed by atoms with E-state index in [0.717, 1.165) is 17.0 Å². The maximum atomic E-state index is 6.30. The Morgan fingerprint density at radius 3 is 2.68 bits per heavy atom. The minimum absolute atomic E-state index is 0.365. The Labute approximate surface area is 124 Å². The van der Waals surface area contributed by atoms with Crippen LogP contribution in [0.15, 0.2) is 28.7 Å². The van der Waals surface area contributed by atoms with Gasteiger partial charge in [0.15, 0.2) is 0 Å². The van der Waals surface area contributed by atoms with E-state index >= 15 is 0 Å². The molecular weight excluding hydrogens is 300 g/mol. The van der Waals surface area contributed by atoms with Crippen LogP contribution in [0, 0.1) is 16.7 Å². The molecule has 2 aliphatic rings. The molecule has 1 aromatic rings. The molecule has 3 rings (SSSR count). The van der Waals surface area contributed by atoms with Crippen molar-refractivity contribution >= 4 is 15.9 Å². The monoisotopic (exact) mass is 322 g/mol. The zero-order valence-corrected chi connectivity index (χ0v) is 13.7. The van der Waals surface area contributed by atoms with E-state index in [1.807, 2.05) is 0 Å². The predicted octanol–water partition coefficient (Wildman–Crippen LogP) is 5.18. The first-order chi connectivity index (χ1) is 8.93. The minimum Gasteiger partial charge on any atom is -0.373 e. The number of fused-ring (bicyclic) bond motifs is 2. The van der Waals surface area contributed by atoms with Crippen LogP contribution in [0.1, 0.15) is 45.6 Å². The smallest absolute Gasteiger partial charge is 0.0721 e. The number of rotatable bonds is 3. The first-order valence-electron chi connectivity index (χ1n) is 7.29. The summed E-state index contributed by atoms with van der Waals surface area (Å²) in [4.78, 5) is 0. The molecule has 0 aliphatic heterocycles. The van der Waals surface area contributed by atoms with E-state index in [1.165, 1.54) is 24.8 Å². The van der Waals surface area contributed by atoms with Gasteiger partial charge in [-0.25, -0.2) is 0 Å². The van der Waals surface area contributed by atoms with Gasteiger partial charge < -0.3 is 4.74 Å². The van der Waals surface area contributed by atoms with E-state index in [0.29, 0.717) is 16.9 Å². The van der Waals surface area contributed by atoms with Crippen LogP contribution in [0.5, 0.6) is 0 Å². The third-order valence-electron chi connectivity index (χ3n) is 6.05. The van der Waals surface area contributed by atoms with Gasteiger partial charge in [-0.3, -0.25) is 0 Å². The Hall–Kier alpha value is -0.340. The van der Waals surface area contributed by atoms with Crippen molar-refractivity contribution in [2.24, 2.45) is 16.7 Å². The average molecular weight is 323 g/mol. The summed E-state index contributed by atoms with van der Waals surface area (Å²) in [5, 5.41) is 0. The van der Waals surface area contributed by atoms with Crippen LogP contribution in [0.25, 0.3) is 0 Å². The molecule has 1 aromatic carbocycles. The second kappa shape index (κ2) is 4.60. The zero-order chi connectivity index (χ0) is 13.7. The first kappa shape index (κ1) is 13.6. The summed E-state index contributed by atoms with van der Waals surface area (Å²) in [6, 6.07) is 8.44. The summed E-state index contributed by atoms with van der Waals surface area (Å²) >= 11 is 3.52. The van der Waals surface area contributed by atoms with E-state index in [-0.39, 0.29) is 0 Å². The molecule has 104 valence electrons. The molecular formula is C17H23BrO. The maximum absolute atomic E-state index is 6.30. The highest BCUT2D eigenvalue weighted by molar-refractivity contribution is 9.10. The highest BCUT2D eigenvalue weighted by atomic mass is 79.9. The maximum Gasteiger partial charge on any atom is 0.0721 e. The van der Waals surface area contributed by atoms with E-state index in [1.54, 1.807) is 0 Å². The van der Waals surface area contributed by atoms with Crippen LogP contribution in [0.4, 0.5) is 0 Å². The van der Waals surface area contributed by atoms with Gasteiger partial charge in [-0.15, -0.1) is 0 Å².